The molecular formula is C13H21N2OW-. The number of ether oxygens (including phenoxy) is 1. The molecule has 1 aromatic carbocycles. The summed E-state index contributed by atoms with van der Waals surface area (Å²) in [7, 11) is 0. The Labute approximate surface area is 119 Å². The minimum absolute atomic E-state index is 0. The van der Waals surface area contributed by atoms with E-state index in [-0.39, 0.29) is 34.6 Å². The van der Waals surface area contributed by atoms with E-state index in [1.54, 1.807) is 0 Å². The monoisotopic (exact) mass is 405 g/mol. The number of nitrogens with zero attached hydrogens (tertiary/aromatic N) is 1. The fourth-order valence-corrected chi connectivity index (χ4v) is 1.89. The summed E-state index contributed by atoms with van der Waals surface area (Å²) in [4.78, 5) is 2.32. The molecule has 4 heteroatoms. The van der Waals surface area contributed by atoms with Crippen molar-refractivity contribution in [1.29, 1.82) is 0 Å². The van der Waals surface area contributed by atoms with Crippen molar-refractivity contribution in [3.63, 3.8) is 0 Å². The van der Waals surface area contributed by atoms with Gasteiger partial charge in [0, 0.05) is 46.7 Å². The van der Waals surface area contributed by atoms with Crippen LogP contribution >= 0.6 is 0 Å². The van der Waals surface area contributed by atoms with E-state index in [1.807, 2.05) is 30.3 Å². The largest absolute Gasteiger partial charge is 0.489 e. The van der Waals surface area contributed by atoms with Gasteiger partial charge in [-0.1, -0.05) is 18.2 Å². The molecule has 0 aromatic heterocycles. The first-order chi connectivity index (χ1) is 7.24. The molecule has 1 fully saturated rings. The van der Waals surface area contributed by atoms with Gasteiger partial charge in [0.25, 0.3) is 0 Å². The Balaban J connectivity index is 0.00000128. The van der Waals surface area contributed by atoms with Crippen molar-refractivity contribution in [3.05, 3.63) is 37.8 Å². The van der Waals surface area contributed by atoms with Gasteiger partial charge < -0.3 is 17.9 Å². The molecule has 1 aromatic rings. The molecule has 2 N–H and O–H groups in total. The summed E-state index contributed by atoms with van der Waals surface area (Å²) in [5, 5.41) is 0. The Kier molecular flexibility index (Phi) is 7.69. The van der Waals surface area contributed by atoms with Crippen molar-refractivity contribution < 1.29 is 25.8 Å². The zero-order chi connectivity index (χ0) is 10.7. The number of rotatable bonds is 4. The van der Waals surface area contributed by atoms with E-state index >= 15 is 0 Å². The van der Waals surface area contributed by atoms with Crippen molar-refractivity contribution in [1.82, 2.24) is 4.90 Å². The maximum absolute atomic E-state index is 5.77. The third-order valence-corrected chi connectivity index (χ3v) is 2.58. The molecule has 1 unspecified atom stereocenters. The van der Waals surface area contributed by atoms with E-state index in [0.717, 1.165) is 25.4 Å². The predicted octanol–water partition coefficient (Wildman–Crippen LogP) is 1.54. The molecular weight excluding hydrogens is 384 g/mol. The molecule has 1 atom stereocenters. The van der Waals surface area contributed by atoms with Crippen molar-refractivity contribution in [3.8, 4) is 5.75 Å². The number of benzene rings is 1. The van der Waals surface area contributed by atoms with Gasteiger partial charge in [0.1, 0.15) is 11.9 Å². The van der Waals surface area contributed by atoms with Crippen LogP contribution in [0, 0.1) is 7.43 Å². The average Bonchev–Trinajstić information content (AvgIpc) is 2.17. The van der Waals surface area contributed by atoms with E-state index in [9.17, 15) is 0 Å². The SMILES string of the molecule is CC(CN1CC(N)C1)Oc1ccccc1.[CH3-].[W]. The molecule has 0 spiro atoms. The summed E-state index contributed by atoms with van der Waals surface area (Å²) >= 11 is 0. The third-order valence-electron chi connectivity index (χ3n) is 2.58. The summed E-state index contributed by atoms with van der Waals surface area (Å²) in [6.07, 6.45) is 0.222. The molecule has 3 nitrogen and oxygen atoms in total. The normalized spacial score (nSPS) is 17.3. The molecule has 1 heterocycles. The molecule has 0 radical (unpaired) electrons. The van der Waals surface area contributed by atoms with Gasteiger partial charge in [0.05, 0.1) is 0 Å². The second-order valence-electron chi connectivity index (χ2n) is 4.22. The van der Waals surface area contributed by atoms with Crippen LogP contribution in [0.5, 0.6) is 5.75 Å². The molecule has 0 amide bonds. The van der Waals surface area contributed by atoms with Gasteiger partial charge in [-0.15, -0.1) is 0 Å². The molecule has 1 saturated heterocycles. The molecule has 96 valence electrons. The number of hydrogen-bond donors (Lipinski definition) is 1. The van der Waals surface area contributed by atoms with Crippen LogP contribution in [0.25, 0.3) is 0 Å². The van der Waals surface area contributed by atoms with Crippen molar-refractivity contribution in [2.45, 2.75) is 19.1 Å². The summed E-state index contributed by atoms with van der Waals surface area (Å²) in [5.41, 5.74) is 5.71. The number of nitrogens with two attached hydrogens (primary N) is 1. The zero-order valence-electron chi connectivity index (χ0n) is 10.5. The second-order valence-corrected chi connectivity index (χ2v) is 4.22. The summed E-state index contributed by atoms with van der Waals surface area (Å²) in [6, 6.07) is 10.3. The maximum atomic E-state index is 5.77. The quantitative estimate of drug-likeness (QED) is 0.773. The van der Waals surface area contributed by atoms with Gasteiger partial charge >= 0.3 is 0 Å². The number of hydrogen-bond acceptors (Lipinski definition) is 3. The summed E-state index contributed by atoms with van der Waals surface area (Å²) < 4.78 is 5.77. The zero-order valence-corrected chi connectivity index (χ0v) is 13.4. The van der Waals surface area contributed by atoms with Gasteiger partial charge in [0.2, 0.25) is 0 Å². The van der Waals surface area contributed by atoms with E-state index < -0.39 is 0 Å². The van der Waals surface area contributed by atoms with Gasteiger partial charge in [-0.2, -0.15) is 0 Å². The van der Waals surface area contributed by atoms with Gasteiger partial charge in [-0.05, 0) is 19.1 Å². The fourth-order valence-electron chi connectivity index (χ4n) is 1.89. The van der Waals surface area contributed by atoms with Gasteiger partial charge in [-0.3, -0.25) is 4.90 Å². The molecule has 0 saturated carbocycles. The minimum Gasteiger partial charge on any atom is -0.489 e. The van der Waals surface area contributed by atoms with E-state index in [1.165, 1.54) is 0 Å². The summed E-state index contributed by atoms with van der Waals surface area (Å²) in [5.74, 6) is 0.940. The topological polar surface area (TPSA) is 38.5 Å². The molecule has 1 aliphatic heterocycles. The fraction of sp³-hybridized carbons (Fsp3) is 0.462. The third kappa shape index (κ3) is 5.20. The molecule has 17 heavy (non-hydrogen) atoms. The summed E-state index contributed by atoms with van der Waals surface area (Å²) in [6.45, 7) is 5.06. The predicted molar refractivity (Wildman–Crippen MR) is 67.4 cm³/mol. The van der Waals surface area contributed by atoms with Crippen LogP contribution in [-0.4, -0.2) is 36.7 Å². The van der Waals surface area contributed by atoms with Crippen LogP contribution in [0.2, 0.25) is 0 Å². The minimum atomic E-state index is 0. The van der Waals surface area contributed by atoms with Crippen LogP contribution in [0.1, 0.15) is 6.92 Å². The Morgan fingerprint density at radius 1 is 1.35 bits per heavy atom. The van der Waals surface area contributed by atoms with Crippen molar-refractivity contribution in [2.24, 2.45) is 5.73 Å². The first-order valence-electron chi connectivity index (χ1n) is 5.43. The van der Waals surface area contributed by atoms with Crippen LogP contribution < -0.4 is 10.5 Å². The van der Waals surface area contributed by atoms with Crippen molar-refractivity contribution >= 4 is 0 Å². The van der Waals surface area contributed by atoms with E-state index in [2.05, 4.69) is 11.8 Å². The smallest absolute Gasteiger partial charge is 0.119 e. The Hall–Kier alpha value is -0.372. The van der Waals surface area contributed by atoms with Gasteiger partial charge in [-0.25, -0.2) is 0 Å². The Morgan fingerprint density at radius 3 is 2.47 bits per heavy atom. The standard InChI is InChI=1S/C12H18N2O.CH3.W/c1-10(7-14-8-11(13)9-14)15-12-5-3-2-4-6-12;;/h2-6,10-11H,7-9,13H2,1H3;1H3;/q;-1;. The average molecular weight is 405 g/mol. The first-order valence-corrected chi connectivity index (χ1v) is 5.43. The van der Waals surface area contributed by atoms with Crippen LogP contribution in [0.4, 0.5) is 0 Å². The first kappa shape index (κ1) is 16.6. The number of para-hydroxylation sites is 1. The Morgan fingerprint density at radius 2 is 1.94 bits per heavy atom. The van der Waals surface area contributed by atoms with Gasteiger partial charge in [0.15, 0.2) is 0 Å². The molecule has 0 aliphatic carbocycles. The maximum Gasteiger partial charge on any atom is 0.119 e. The molecule has 2 rings (SSSR count). The van der Waals surface area contributed by atoms with Crippen LogP contribution in [0.15, 0.2) is 30.3 Å². The van der Waals surface area contributed by atoms with E-state index in [0.29, 0.717) is 6.04 Å². The van der Waals surface area contributed by atoms with Crippen LogP contribution in [-0.2, 0) is 21.1 Å². The molecule has 1 aliphatic rings. The number of likely N-dealkylation sites (tertiary alicyclic amines) is 1. The van der Waals surface area contributed by atoms with Crippen LogP contribution in [0.3, 0.4) is 0 Å². The van der Waals surface area contributed by atoms with Crippen molar-refractivity contribution in [2.75, 3.05) is 19.6 Å². The molecule has 0 bridgehead atoms. The second kappa shape index (κ2) is 7.86. The Bertz CT molecular complexity index is 302. The van der Waals surface area contributed by atoms with E-state index in [4.69, 9.17) is 10.5 Å².